The van der Waals surface area contributed by atoms with E-state index in [4.69, 9.17) is 4.74 Å². The van der Waals surface area contributed by atoms with Crippen LogP contribution in [-0.2, 0) is 0 Å². The molecule has 0 aliphatic heterocycles. The topological polar surface area (TPSA) is 9.23 Å². The van der Waals surface area contributed by atoms with Gasteiger partial charge in [0.1, 0.15) is 11.5 Å². The molecule has 0 N–H and O–H groups in total. The summed E-state index contributed by atoms with van der Waals surface area (Å²) in [7, 11) is 0. The van der Waals surface area contributed by atoms with Crippen LogP contribution in [0, 0.1) is 0 Å². The lowest BCUT2D eigenvalue weighted by atomic mass is 10.3. The zero-order valence-electron chi connectivity index (χ0n) is 7.85. The van der Waals surface area contributed by atoms with Crippen LogP contribution >= 0.6 is 28.6 Å². The van der Waals surface area contributed by atoms with E-state index in [1.807, 2.05) is 48.5 Å². The minimum absolute atomic E-state index is 0.815. The highest BCUT2D eigenvalue weighted by Crippen LogP contribution is 2.23. The van der Waals surface area contributed by atoms with E-state index in [0.717, 1.165) is 20.9 Å². The highest BCUT2D eigenvalue weighted by molar-refractivity contribution is 9.10. The van der Waals surface area contributed by atoms with Gasteiger partial charge in [-0.1, -0.05) is 15.9 Å². The zero-order chi connectivity index (χ0) is 10.7. The molecular formula is C12H9BrOS. The smallest absolute Gasteiger partial charge is 0.127 e. The van der Waals surface area contributed by atoms with E-state index in [0.29, 0.717) is 0 Å². The molecule has 0 atom stereocenters. The molecule has 76 valence electrons. The van der Waals surface area contributed by atoms with Crippen LogP contribution in [0.1, 0.15) is 0 Å². The van der Waals surface area contributed by atoms with E-state index >= 15 is 0 Å². The second kappa shape index (κ2) is 4.73. The summed E-state index contributed by atoms with van der Waals surface area (Å²) in [6.07, 6.45) is 0. The first-order chi connectivity index (χ1) is 7.24. The molecule has 1 nitrogen and oxygen atoms in total. The summed E-state index contributed by atoms with van der Waals surface area (Å²) in [6.45, 7) is 0. The minimum Gasteiger partial charge on any atom is -0.457 e. The quantitative estimate of drug-likeness (QED) is 0.796. The Labute approximate surface area is 103 Å². The van der Waals surface area contributed by atoms with E-state index in [-0.39, 0.29) is 0 Å². The number of hydrogen-bond acceptors (Lipinski definition) is 2. The first-order valence-corrected chi connectivity index (χ1v) is 5.70. The molecule has 0 heterocycles. The van der Waals surface area contributed by atoms with Crippen LogP contribution in [0.15, 0.2) is 57.9 Å². The molecule has 0 saturated heterocycles. The monoisotopic (exact) mass is 280 g/mol. The summed E-state index contributed by atoms with van der Waals surface area (Å²) in [5.41, 5.74) is 0. The van der Waals surface area contributed by atoms with E-state index in [9.17, 15) is 0 Å². The predicted octanol–water partition coefficient (Wildman–Crippen LogP) is 4.53. The number of thiol groups is 1. The largest absolute Gasteiger partial charge is 0.457 e. The first-order valence-electron chi connectivity index (χ1n) is 4.46. The maximum Gasteiger partial charge on any atom is 0.127 e. The second-order valence-electron chi connectivity index (χ2n) is 3.05. The lowest BCUT2D eigenvalue weighted by molar-refractivity contribution is 0.482. The molecule has 0 amide bonds. The Kier molecular flexibility index (Phi) is 3.34. The van der Waals surface area contributed by atoms with Crippen molar-refractivity contribution in [3.8, 4) is 11.5 Å². The number of ether oxygens (including phenoxy) is 1. The summed E-state index contributed by atoms with van der Waals surface area (Å²) < 4.78 is 6.68. The summed E-state index contributed by atoms with van der Waals surface area (Å²) in [4.78, 5) is 0.929. The van der Waals surface area contributed by atoms with Crippen LogP contribution in [0.25, 0.3) is 0 Å². The second-order valence-corrected chi connectivity index (χ2v) is 4.48. The average Bonchev–Trinajstić information content (AvgIpc) is 2.25. The zero-order valence-corrected chi connectivity index (χ0v) is 10.3. The minimum atomic E-state index is 0.815. The van der Waals surface area contributed by atoms with Crippen molar-refractivity contribution in [3.63, 3.8) is 0 Å². The molecule has 2 aromatic carbocycles. The van der Waals surface area contributed by atoms with Crippen LogP contribution in [-0.4, -0.2) is 0 Å². The van der Waals surface area contributed by atoms with Crippen LogP contribution in [0.4, 0.5) is 0 Å². The van der Waals surface area contributed by atoms with Gasteiger partial charge in [0.15, 0.2) is 0 Å². The van der Waals surface area contributed by atoms with Crippen LogP contribution < -0.4 is 4.74 Å². The van der Waals surface area contributed by atoms with Crippen molar-refractivity contribution in [2.24, 2.45) is 0 Å². The molecular weight excluding hydrogens is 272 g/mol. The van der Waals surface area contributed by atoms with E-state index < -0.39 is 0 Å². The van der Waals surface area contributed by atoms with Gasteiger partial charge in [0, 0.05) is 9.37 Å². The number of benzene rings is 2. The first kappa shape index (κ1) is 10.6. The molecule has 0 unspecified atom stereocenters. The Morgan fingerprint density at radius 1 is 0.800 bits per heavy atom. The van der Waals surface area contributed by atoms with Gasteiger partial charge in [-0.15, -0.1) is 12.6 Å². The predicted molar refractivity (Wildman–Crippen MR) is 67.9 cm³/mol. The summed E-state index contributed by atoms with van der Waals surface area (Å²) in [5.74, 6) is 1.64. The molecule has 0 spiro atoms. The fourth-order valence-electron chi connectivity index (χ4n) is 1.15. The van der Waals surface area contributed by atoms with E-state index in [1.54, 1.807) is 0 Å². The highest BCUT2D eigenvalue weighted by Gasteiger charge is 1.96. The third kappa shape index (κ3) is 3.01. The van der Waals surface area contributed by atoms with Crippen molar-refractivity contribution < 1.29 is 4.74 Å². The fraction of sp³-hybridized carbons (Fsp3) is 0. The standard InChI is InChI=1S/C12H9BrOS/c13-9-1-3-10(4-2-9)14-11-5-7-12(15)8-6-11/h1-8,15H. The molecule has 0 aromatic heterocycles. The van der Waals surface area contributed by atoms with Gasteiger partial charge in [-0.05, 0) is 48.5 Å². The van der Waals surface area contributed by atoms with E-state index in [2.05, 4.69) is 28.6 Å². The Bertz CT molecular complexity index is 393. The van der Waals surface area contributed by atoms with E-state index in [1.165, 1.54) is 0 Å². The molecule has 2 rings (SSSR count). The molecule has 3 heteroatoms. The van der Waals surface area contributed by atoms with Crippen molar-refractivity contribution in [2.45, 2.75) is 4.90 Å². The van der Waals surface area contributed by atoms with Crippen LogP contribution in [0.5, 0.6) is 11.5 Å². The van der Waals surface area contributed by atoms with Gasteiger partial charge in [-0.25, -0.2) is 0 Å². The fourth-order valence-corrected chi connectivity index (χ4v) is 1.57. The maximum atomic E-state index is 5.63. The highest BCUT2D eigenvalue weighted by atomic mass is 79.9. The van der Waals surface area contributed by atoms with Crippen molar-refractivity contribution in [2.75, 3.05) is 0 Å². The van der Waals surface area contributed by atoms with Gasteiger partial charge in [0.25, 0.3) is 0 Å². The number of halogens is 1. The van der Waals surface area contributed by atoms with Gasteiger partial charge in [-0.2, -0.15) is 0 Å². The average molecular weight is 281 g/mol. The molecule has 0 aliphatic rings. The number of hydrogen-bond donors (Lipinski definition) is 1. The van der Waals surface area contributed by atoms with Crippen molar-refractivity contribution in [1.82, 2.24) is 0 Å². The molecule has 2 aromatic rings. The van der Waals surface area contributed by atoms with Crippen molar-refractivity contribution in [1.29, 1.82) is 0 Å². The van der Waals surface area contributed by atoms with Gasteiger partial charge >= 0.3 is 0 Å². The third-order valence-electron chi connectivity index (χ3n) is 1.89. The third-order valence-corrected chi connectivity index (χ3v) is 2.71. The Balaban J connectivity index is 2.15. The maximum absolute atomic E-state index is 5.63. The number of rotatable bonds is 2. The van der Waals surface area contributed by atoms with Crippen molar-refractivity contribution in [3.05, 3.63) is 53.0 Å². The van der Waals surface area contributed by atoms with Crippen LogP contribution in [0.2, 0.25) is 0 Å². The molecule has 15 heavy (non-hydrogen) atoms. The molecule has 0 saturated carbocycles. The summed E-state index contributed by atoms with van der Waals surface area (Å²) >= 11 is 7.58. The van der Waals surface area contributed by atoms with Crippen LogP contribution in [0.3, 0.4) is 0 Å². The molecule has 0 radical (unpaired) electrons. The molecule has 0 fully saturated rings. The lowest BCUT2D eigenvalue weighted by Crippen LogP contribution is -1.82. The van der Waals surface area contributed by atoms with Crippen molar-refractivity contribution >= 4 is 28.6 Å². The SMILES string of the molecule is Sc1ccc(Oc2ccc(Br)cc2)cc1. The Morgan fingerprint density at radius 2 is 1.27 bits per heavy atom. The Morgan fingerprint density at radius 3 is 1.80 bits per heavy atom. The molecule has 0 bridgehead atoms. The van der Waals surface area contributed by atoms with Gasteiger partial charge < -0.3 is 4.74 Å². The van der Waals surface area contributed by atoms with Gasteiger partial charge in [0.05, 0.1) is 0 Å². The van der Waals surface area contributed by atoms with Gasteiger partial charge in [-0.3, -0.25) is 0 Å². The Hall–Kier alpha value is -0.930. The normalized spacial score (nSPS) is 10.0. The summed E-state index contributed by atoms with van der Waals surface area (Å²) in [5, 5.41) is 0. The summed E-state index contributed by atoms with van der Waals surface area (Å²) in [6, 6.07) is 15.3. The molecule has 0 aliphatic carbocycles. The van der Waals surface area contributed by atoms with Gasteiger partial charge in [0.2, 0.25) is 0 Å². The lowest BCUT2D eigenvalue weighted by Gasteiger charge is -2.05.